The first-order chi connectivity index (χ1) is 13.4. The molecule has 8 heteroatoms. The molecule has 0 saturated carbocycles. The Morgan fingerprint density at radius 1 is 1.29 bits per heavy atom. The quantitative estimate of drug-likeness (QED) is 0.629. The number of carbonyl (C=O) groups excluding carboxylic acids is 1. The molecule has 0 aromatic carbocycles. The molecule has 0 bridgehead atoms. The van der Waals surface area contributed by atoms with E-state index in [9.17, 15) is 4.79 Å². The molecule has 2 aliphatic rings. The molecule has 1 aliphatic heterocycles. The first-order valence-electron chi connectivity index (χ1n) is 9.94. The largest absolute Gasteiger partial charge is 0.378 e. The number of morpholine rings is 1. The first kappa shape index (κ1) is 18.0. The zero-order valence-corrected chi connectivity index (χ0v) is 17.4. The van der Waals surface area contributed by atoms with Crippen LogP contribution in [0.3, 0.4) is 0 Å². The summed E-state index contributed by atoms with van der Waals surface area (Å²) in [5, 5.41) is 5.52. The summed E-state index contributed by atoms with van der Waals surface area (Å²) in [6.45, 7) is 9.29. The Balaban J connectivity index is 1.56. The van der Waals surface area contributed by atoms with Crippen molar-refractivity contribution in [2.75, 3.05) is 26.3 Å². The minimum atomic E-state index is -0.128. The summed E-state index contributed by atoms with van der Waals surface area (Å²) in [5.41, 5.74) is 2.42. The Morgan fingerprint density at radius 2 is 2.07 bits per heavy atom. The minimum Gasteiger partial charge on any atom is -0.378 e. The van der Waals surface area contributed by atoms with Gasteiger partial charge in [-0.05, 0) is 36.2 Å². The van der Waals surface area contributed by atoms with Gasteiger partial charge in [-0.15, -0.1) is 16.4 Å². The van der Waals surface area contributed by atoms with E-state index >= 15 is 0 Å². The van der Waals surface area contributed by atoms with Gasteiger partial charge in [0.25, 0.3) is 5.91 Å². The van der Waals surface area contributed by atoms with E-state index in [2.05, 4.69) is 35.8 Å². The highest BCUT2D eigenvalue weighted by molar-refractivity contribution is 7.19. The number of fused-ring (bicyclic) bond motifs is 5. The summed E-state index contributed by atoms with van der Waals surface area (Å²) in [5.74, 6) is 0.803. The van der Waals surface area contributed by atoms with E-state index in [1.165, 1.54) is 16.9 Å². The molecule has 0 N–H and O–H groups in total. The third-order valence-corrected chi connectivity index (χ3v) is 7.26. The number of thiophene rings is 1. The fourth-order valence-electron chi connectivity index (χ4n) is 4.31. The molecular weight excluding hydrogens is 374 g/mol. The lowest BCUT2D eigenvalue weighted by Gasteiger charge is -2.33. The van der Waals surface area contributed by atoms with Crippen LogP contribution in [-0.4, -0.2) is 56.7 Å². The Hall–Kier alpha value is -2.06. The molecule has 1 aliphatic carbocycles. The fraction of sp³-hybridized carbons (Fsp3) is 0.600. The summed E-state index contributed by atoms with van der Waals surface area (Å²) in [6, 6.07) is 0. The van der Waals surface area contributed by atoms with Crippen LogP contribution in [0.15, 0.2) is 6.33 Å². The van der Waals surface area contributed by atoms with Gasteiger partial charge in [0.2, 0.25) is 5.82 Å². The molecule has 7 nitrogen and oxygen atoms in total. The molecule has 1 saturated heterocycles. The zero-order chi connectivity index (χ0) is 19.5. The van der Waals surface area contributed by atoms with Crippen LogP contribution in [0.25, 0.3) is 15.9 Å². The zero-order valence-electron chi connectivity index (χ0n) is 16.6. The van der Waals surface area contributed by atoms with Crippen LogP contribution in [0.4, 0.5) is 0 Å². The van der Waals surface area contributed by atoms with Crippen molar-refractivity contribution in [3.8, 4) is 0 Å². The van der Waals surface area contributed by atoms with Crippen molar-refractivity contribution in [2.24, 2.45) is 11.3 Å². The van der Waals surface area contributed by atoms with Crippen LogP contribution < -0.4 is 0 Å². The smallest absolute Gasteiger partial charge is 0.293 e. The third kappa shape index (κ3) is 2.90. The molecule has 3 aromatic heterocycles. The number of nitrogens with zero attached hydrogens (tertiary/aromatic N) is 5. The SMILES string of the molecule is CC(C)(C)[C@H]1CCc2c(sc3ncn4nc(C(=O)N5CCOCC5)nc4c23)C1. The van der Waals surface area contributed by atoms with Crippen molar-refractivity contribution in [1.82, 2.24) is 24.5 Å². The Kier molecular flexibility index (Phi) is 4.17. The van der Waals surface area contributed by atoms with Crippen molar-refractivity contribution in [1.29, 1.82) is 0 Å². The summed E-state index contributed by atoms with van der Waals surface area (Å²) < 4.78 is 7.00. The second-order valence-electron chi connectivity index (χ2n) is 8.84. The van der Waals surface area contributed by atoms with Crippen LogP contribution in [0.5, 0.6) is 0 Å². The van der Waals surface area contributed by atoms with Crippen molar-refractivity contribution in [2.45, 2.75) is 40.0 Å². The molecular formula is C20H25N5O2S. The van der Waals surface area contributed by atoms with Gasteiger partial charge in [-0.3, -0.25) is 4.79 Å². The third-order valence-electron chi connectivity index (χ3n) is 6.10. The molecule has 1 fully saturated rings. The number of ether oxygens (including phenoxy) is 1. The van der Waals surface area contributed by atoms with Crippen molar-refractivity contribution >= 4 is 33.1 Å². The fourth-order valence-corrected chi connectivity index (χ4v) is 5.57. The van der Waals surface area contributed by atoms with Crippen LogP contribution in [-0.2, 0) is 17.6 Å². The van der Waals surface area contributed by atoms with E-state index < -0.39 is 0 Å². The molecule has 4 heterocycles. The van der Waals surface area contributed by atoms with Gasteiger partial charge in [0.15, 0.2) is 5.65 Å². The van der Waals surface area contributed by atoms with Gasteiger partial charge in [-0.2, -0.15) is 0 Å². The van der Waals surface area contributed by atoms with Gasteiger partial charge in [0.05, 0.1) is 18.6 Å². The van der Waals surface area contributed by atoms with Gasteiger partial charge in [-0.25, -0.2) is 14.5 Å². The number of amides is 1. The summed E-state index contributed by atoms with van der Waals surface area (Å²) >= 11 is 1.78. The van der Waals surface area contributed by atoms with Gasteiger partial charge in [0, 0.05) is 18.0 Å². The minimum absolute atomic E-state index is 0.128. The Bertz CT molecular complexity index is 1060. The molecule has 3 aromatic rings. The molecule has 0 radical (unpaired) electrons. The molecule has 1 atom stereocenters. The van der Waals surface area contributed by atoms with E-state index in [0.29, 0.717) is 37.6 Å². The first-order valence-corrected chi connectivity index (χ1v) is 10.8. The van der Waals surface area contributed by atoms with E-state index in [4.69, 9.17) is 4.74 Å². The monoisotopic (exact) mass is 399 g/mol. The van der Waals surface area contributed by atoms with Crippen LogP contribution in [0.1, 0.15) is 48.3 Å². The number of rotatable bonds is 1. The van der Waals surface area contributed by atoms with Gasteiger partial charge < -0.3 is 9.64 Å². The second-order valence-corrected chi connectivity index (χ2v) is 9.93. The molecule has 0 spiro atoms. The topological polar surface area (TPSA) is 72.6 Å². The molecule has 28 heavy (non-hydrogen) atoms. The maximum absolute atomic E-state index is 12.8. The van der Waals surface area contributed by atoms with Crippen molar-refractivity contribution < 1.29 is 9.53 Å². The Labute approximate surface area is 167 Å². The highest BCUT2D eigenvalue weighted by Gasteiger charge is 2.32. The molecule has 148 valence electrons. The van der Waals surface area contributed by atoms with Crippen LogP contribution >= 0.6 is 11.3 Å². The normalized spacial score (nSPS) is 20.7. The lowest BCUT2D eigenvalue weighted by Crippen LogP contribution is -2.41. The van der Waals surface area contributed by atoms with Gasteiger partial charge in [-0.1, -0.05) is 20.8 Å². The van der Waals surface area contributed by atoms with Gasteiger partial charge in [0.1, 0.15) is 11.2 Å². The van der Waals surface area contributed by atoms with Crippen LogP contribution in [0.2, 0.25) is 0 Å². The predicted octanol–water partition coefficient (Wildman–Crippen LogP) is 2.96. The number of aromatic nitrogens is 4. The average Bonchev–Trinajstić information content (AvgIpc) is 3.27. The average molecular weight is 400 g/mol. The molecule has 0 unspecified atom stereocenters. The second kappa shape index (κ2) is 6.49. The summed E-state index contributed by atoms with van der Waals surface area (Å²) in [7, 11) is 0. The van der Waals surface area contributed by atoms with Crippen molar-refractivity contribution in [3.63, 3.8) is 0 Å². The van der Waals surface area contributed by atoms with Crippen LogP contribution in [0, 0.1) is 11.3 Å². The maximum Gasteiger partial charge on any atom is 0.293 e. The van der Waals surface area contributed by atoms with Gasteiger partial charge >= 0.3 is 0 Å². The highest BCUT2D eigenvalue weighted by atomic mass is 32.1. The standard InChI is InChI=1S/C20H25N5O2S/c1-20(2,3)12-4-5-13-14(10-12)28-18-15(13)17-22-16(23-25(17)11-21-18)19(26)24-6-8-27-9-7-24/h11-12H,4-10H2,1-3H3/t12-/m0/s1. The van der Waals surface area contributed by atoms with Crippen molar-refractivity contribution in [3.05, 3.63) is 22.6 Å². The van der Waals surface area contributed by atoms with E-state index in [1.807, 2.05) is 0 Å². The molecule has 5 rings (SSSR count). The maximum atomic E-state index is 12.8. The number of aryl methyl sites for hydroxylation is 1. The summed E-state index contributed by atoms with van der Waals surface area (Å²) in [4.78, 5) is 26.3. The number of hydrogen-bond donors (Lipinski definition) is 0. The lowest BCUT2D eigenvalue weighted by atomic mass is 9.72. The highest BCUT2D eigenvalue weighted by Crippen LogP contribution is 2.43. The lowest BCUT2D eigenvalue weighted by molar-refractivity contribution is 0.0295. The summed E-state index contributed by atoms with van der Waals surface area (Å²) in [6.07, 6.45) is 5.00. The van der Waals surface area contributed by atoms with E-state index in [1.54, 1.807) is 27.1 Å². The predicted molar refractivity (Wildman–Crippen MR) is 108 cm³/mol. The van der Waals surface area contributed by atoms with E-state index in [-0.39, 0.29) is 11.7 Å². The number of carbonyl (C=O) groups is 1. The number of hydrogen-bond acceptors (Lipinski definition) is 6. The molecule has 1 amide bonds. The Morgan fingerprint density at radius 3 is 2.82 bits per heavy atom. The van der Waals surface area contributed by atoms with E-state index in [0.717, 1.165) is 28.7 Å².